The Kier molecular flexibility index (Phi) is 8.29. The first-order valence-corrected chi connectivity index (χ1v) is 9.87. The normalized spacial score (nSPS) is 16.0. The summed E-state index contributed by atoms with van der Waals surface area (Å²) in [5, 5.41) is 3.73. The van der Waals surface area contributed by atoms with Crippen LogP contribution in [0.4, 0.5) is 0 Å². The summed E-state index contributed by atoms with van der Waals surface area (Å²) in [4.78, 5) is 16.2. The number of amides is 1. The minimum Gasteiger partial charge on any atom is -0.341 e. The number of thioether (sulfide) groups is 1. The number of hydrogen-bond acceptors (Lipinski definition) is 3. The average molecular weight is 411 g/mol. The molecular weight excluding hydrogens is 387 g/mol. The van der Waals surface area contributed by atoms with Gasteiger partial charge in [0.05, 0.1) is 5.02 Å². The summed E-state index contributed by atoms with van der Waals surface area (Å²) in [5.74, 6) is 0.172. The number of halogens is 2. The number of carbonyl (C=O) groups excluding carboxylic acids is 1. The van der Waals surface area contributed by atoms with E-state index < -0.39 is 0 Å². The van der Waals surface area contributed by atoms with E-state index in [0.717, 1.165) is 36.4 Å². The summed E-state index contributed by atoms with van der Waals surface area (Å²) in [6.45, 7) is 1.60. The van der Waals surface area contributed by atoms with E-state index in [1.807, 2.05) is 66.5 Å². The van der Waals surface area contributed by atoms with E-state index in [1.54, 1.807) is 0 Å². The highest BCUT2D eigenvalue weighted by atomic mass is 35.5. The van der Waals surface area contributed by atoms with Gasteiger partial charge in [0.25, 0.3) is 0 Å². The third-order valence-electron chi connectivity index (χ3n) is 4.62. The lowest BCUT2D eigenvalue weighted by Crippen LogP contribution is -2.45. The second kappa shape index (κ2) is 10.2. The summed E-state index contributed by atoms with van der Waals surface area (Å²) in [7, 11) is 1.99. The molecule has 1 unspecified atom stereocenters. The van der Waals surface area contributed by atoms with Crippen molar-refractivity contribution in [1.82, 2.24) is 10.2 Å². The molecule has 0 bridgehead atoms. The Labute approximate surface area is 170 Å². The molecule has 2 aromatic carbocycles. The van der Waals surface area contributed by atoms with Gasteiger partial charge in [-0.15, -0.1) is 24.2 Å². The summed E-state index contributed by atoms with van der Waals surface area (Å²) >= 11 is 7.87. The van der Waals surface area contributed by atoms with Gasteiger partial charge in [-0.3, -0.25) is 4.79 Å². The quantitative estimate of drug-likeness (QED) is 0.717. The summed E-state index contributed by atoms with van der Waals surface area (Å²) in [6, 6.07) is 18.2. The smallest absolute Gasteiger partial charge is 0.240 e. The molecule has 0 aromatic heterocycles. The van der Waals surface area contributed by atoms with Gasteiger partial charge in [-0.25, -0.2) is 0 Å². The van der Waals surface area contributed by atoms with Crippen molar-refractivity contribution in [2.45, 2.75) is 29.0 Å². The van der Waals surface area contributed by atoms with E-state index in [9.17, 15) is 4.79 Å². The number of rotatable bonds is 5. The standard InChI is InChI=1S/C20H23ClN2OS.ClH/c1-22-16-11-13-23(14-12-16)20(24)19(15-7-3-2-4-8-15)25-18-10-6-5-9-17(18)21;/h2-10,16,19,22H,11-14H2,1H3;1H. The maximum absolute atomic E-state index is 13.3. The Morgan fingerprint density at radius 3 is 2.35 bits per heavy atom. The number of benzene rings is 2. The van der Waals surface area contributed by atoms with Crippen molar-refractivity contribution in [2.24, 2.45) is 0 Å². The third-order valence-corrected chi connectivity index (χ3v) is 6.38. The highest BCUT2D eigenvalue weighted by Crippen LogP contribution is 2.40. The molecule has 0 spiro atoms. The van der Waals surface area contributed by atoms with E-state index in [1.165, 1.54) is 11.8 Å². The van der Waals surface area contributed by atoms with Crippen LogP contribution in [0.2, 0.25) is 5.02 Å². The topological polar surface area (TPSA) is 32.3 Å². The number of carbonyl (C=O) groups is 1. The zero-order valence-electron chi connectivity index (χ0n) is 14.7. The van der Waals surface area contributed by atoms with Crippen molar-refractivity contribution < 1.29 is 4.79 Å². The number of hydrogen-bond donors (Lipinski definition) is 1. The van der Waals surface area contributed by atoms with E-state index >= 15 is 0 Å². The summed E-state index contributed by atoms with van der Waals surface area (Å²) in [5.41, 5.74) is 1.02. The Morgan fingerprint density at radius 1 is 1.12 bits per heavy atom. The molecule has 6 heteroatoms. The first-order valence-electron chi connectivity index (χ1n) is 8.61. The zero-order valence-corrected chi connectivity index (χ0v) is 17.1. The van der Waals surface area contributed by atoms with Crippen LogP contribution in [0.1, 0.15) is 23.7 Å². The van der Waals surface area contributed by atoms with Gasteiger partial charge in [-0.2, -0.15) is 0 Å². The molecule has 26 heavy (non-hydrogen) atoms. The Hall–Kier alpha value is -1.20. The molecule has 1 saturated heterocycles. The fourth-order valence-electron chi connectivity index (χ4n) is 3.11. The maximum Gasteiger partial charge on any atom is 0.240 e. The van der Waals surface area contributed by atoms with Crippen molar-refractivity contribution in [3.63, 3.8) is 0 Å². The molecule has 0 saturated carbocycles. The molecule has 1 atom stereocenters. The molecule has 1 amide bonds. The molecule has 1 aliphatic rings. The number of piperidine rings is 1. The second-order valence-electron chi connectivity index (χ2n) is 6.23. The molecule has 0 aliphatic carbocycles. The van der Waals surface area contributed by atoms with Crippen molar-refractivity contribution in [2.75, 3.05) is 20.1 Å². The van der Waals surface area contributed by atoms with E-state index in [0.29, 0.717) is 11.1 Å². The minimum absolute atomic E-state index is 0. The van der Waals surface area contributed by atoms with Crippen LogP contribution < -0.4 is 5.32 Å². The first kappa shape index (κ1) is 21.1. The van der Waals surface area contributed by atoms with Crippen molar-refractivity contribution >= 4 is 41.7 Å². The van der Waals surface area contributed by atoms with Gasteiger partial charge in [-0.1, -0.05) is 54.1 Å². The number of nitrogens with one attached hydrogen (secondary N) is 1. The van der Waals surface area contributed by atoms with Gasteiger partial charge in [0.1, 0.15) is 5.25 Å². The van der Waals surface area contributed by atoms with Gasteiger partial charge in [0.2, 0.25) is 5.91 Å². The van der Waals surface area contributed by atoms with Crippen molar-refractivity contribution in [1.29, 1.82) is 0 Å². The minimum atomic E-state index is -0.271. The molecule has 0 radical (unpaired) electrons. The predicted octanol–water partition coefficient (Wildman–Crippen LogP) is 4.81. The van der Waals surface area contributed by atoms with Crippen LogP contribution in [0, 0.1) is 0 Å². The Balaban J connectivity index is 0.00000243. The number of likely N-dealkylation sites (tertiary alicyclic amines) is 1. The summed E-state index contributed by atoms with van der Waals surface area (Å²) in [6.07, 6.45) is 2.00. The molecule has 3 rings (SSSR count). The SMILES string of the molecule is CNC1CCN(C(=O)C(Sc2ccccc2Cl)c2ccccc2)CC1.Cl. The van der Waals surface area contributed by atoms with Crippen LogP contribution in [-0.2, 0) is 4.79 Å². The van der Waals surface area contributed by atoms with E-state index in [-0.39, 0.29) is 23.6 Å². The molecule has 1 aliphatic heterocycles. The molecule has 3 nitrogen and oxygen atoms in total. The van der Waals surface area contributed by atoms with Gasteiger partial charge in [-0.05, 0) is 37.6 Å². The molecule has 2 aromatic rings. The molecule has 1 fully saturated rings. The predicted molar refractivity (Wildman–Crippen MR) is 112 cm³/mol. The highest BCUT2D eigenvalue weighted by Gasteiger charge is 2.30. The van der Waals surface area contributed by atoms with Crippen LogP contribution in [0.3, 0.4) is 0 Å². The lowest BCUT2D eigenvalue weighted by atomic mass is 10.0. The van der Waals surface area contributed by atoms with Gasteiger partial charge in [0, 0.05) is 24.0 Å². The monoisotopic (exact) mass is 410 g/mol. The van der Waals surface area contributed by atoms with Gasteiger partial charge >= 0.3 is 0 Å². The van der Waals surface area contributed by atoms with Crippen LogP contribution >= 0.6 is 35.8 Å². The van der Waals surface area contributed by atoms with Crippen LogP contribution in [0.15, 0.2) is 59.5 Å². The van der Waals surface area contributed by atoms with Gasteiger partial charge in [0.15, 0.2) is 0 Å². The third kappa shape index (κ3) is 5.17. The van der Waals surface area contributed by atoms with Crippen LogP contribution in [0.5, 0.6) is 0 Å². The largest absolute Gasteiger partial charge is 0.341 e. The average Bonchev–Trinajstić information content (AvgIpc) is 2.67. The Morgan fingerprint density at radius 2 is 1.73 bits per heavy atom. The van der Waals surface area contributed by atoms with Crippen LogP contribution in [0.25, 0.3) is 0 Å². The molecular formula is C20H24Cl2N2OS. The summed E-state index contributed by atoms with van der Waals surface area (Å²) < 4.78 is 0. The molecule has 140 valence electrons. The highest BCUT2D eigenvalue weighted by molar-refractivity contribution is 8.00. The van der Waals surface area contributed by atoms with E-state index in [2.05, 4.69) is 5.32 Å². The van der Waals surface area contributed by atoms with E-state index in [4.69, 9.17) is 11.6 Å². The fraction of sp³-hybridized carbons (Fsp3) is 0.350. The fourth-order valence-corrected chi connectivity index (χ4v) is 4.51. The van der Waals surface area contributed by atoms with Crippen LogP contribution in [-0.4, -0.2) is 37.0 Å². The number of nitrogens with zero attached hydrogens (tertiary/aromatic N) is 1. The van der Waals surface area contributed by atoms with Gasteiger partial charge < -0.3 is 10.2 Å². The molecule has 1 N–H and O–H groups in total. The lowest BCUT2D eigenvalue weighted by Gasteiger charge is -2.34. The Bertz CT molecular complexity index is 706. The second-order valence-corrected chi connectivity index (χ2v) is 7.78. The molecule has 1 heterocycles. The van der Waals surface area contributed by atoms with Crippen molar-refractivity contribution in [3.8, 4) is 0 Å². The maximum atomic E-state index is 13.3. The lowest BCUT2D eigenvalue weighted by molar-refractivity contribution is -0.131. The first-order chi connectivity index (χ1) is 12.2. The van der Waals surface area contributed by atoms with Crippen molar-refractivity contribution in [3.05, 3.63) is 65.2 Å². The zero-order chi connectivity index (χ0) is 17.6.